The van der Waals surface area contributed by atoms with Gasteiger partial charge in [0.1, 0.15) is 11.2 Å². The van der Waals surface area contributed by atoms with E-state index in [9.17, 15) is 14.9 Å². The van der Waals surface area contributed by atoms with Gasteiger partial charge in [0.05, 0.1) is 6.07 Å². The molecule has 1 aromatic carbocycles. The molecule has 1 N–H and O–H groups in total. The highest BCUT2D eigenvalue weighted by molar-refractivity contribution is 6.02. The highest BCUT2D eigenvalue weighted by atomic mass is 16.2. The summed E-state index contributed by atoms with van der Waals surface area (Å²) in [6.45, 7) is 1.95. The number of rotatable bonds is 5. The second kappa shape index (κ2) is 7.41. The lowest BCUT2D eigenvalue weighted by molar-refractivity contribution is -0.123. The number of anilines is 3. The SMILES string of the molecule is C[C@@H]1C[C@@](C#N)(C2CC2)C(=O)N1c1ccnc(Nc2ccc(C(=O)N(C)C)cc2)n1. The largest absolute Gasteiger partial charge is 0.345 e. The molecular formula is C22H24N6O2. The molecule has 2 heterocycles. The maximum absolute atomic E-state index is 13.2. The van der Waals surface area contributed by atoms with Crippen LogP contribution in [0.5, 0.6) is 0 Å². The third-order valence-corrected chi connectivity index (χ3v) is 5.81. The predicted molar refractivity (Wildman–Crippen MR) is 112 cm³/mol. The maximum atomic E-state index is 13.2. The summed E-state index contributed by atoms with van der Waals surface area (Å²) in [5.74, 6) is 0.765. The smallest absolute Gasteiger partial charge is 0.253 e. The minimum absolute atomic E-state index is 0.0713. The van der Waals surface area contributed by atoms with Gasteiger partial charge < -0.3 is 10.2 Å². The Hall–Kier alpha value is -3.47. The number of carbonyl (C=O) groups is 2. The third kappa shape index (κ3) is 3.36. The van der Waals surface area contributed by atoms with E-state index in [-0.39, 0.29) is 23.8 Å². The van der Waals surface area contributed by atoms with Crippen molar-refractivity contribution in [1.82, 2.24) is 14.9 Å². The van der Waals surface area contributed by atoms with Gasteiger partial charge in [-0.15, -0.1) is 0 Å². The second-order valence-corrected chi connectivity index (χ2v) is 8.23. The van der Waals surface area contributed by atoms with Gasteiger partial charge in [-0.3, -0.25) is 14.5 Å². The lowest BCUT2D eigenvalue weighted by Gasteiger charge is -2.22. The normalized spacial score (nSPS) is 23.2. The van der Waals surface area contributed by atoms with Crippen LogP contribution in [0.25, 0.3) is 0 Å². The zero-order chi connectivity index (χ0) is 21.5. The van der Waals surface area contributed by atoms with Crippen molar-refractivity contribution in [3.8, 4) is 6.07 Å². The average Bonchev–Trinajstić information content (AvgIpc) is 3.54. The molecule has 0 unspecified atom stereocenters. The fourth-order valence-corrected chi connectivity index (χ4v) is 4.12. The van der Waals surface area contributed by atoms with Crippen LogP contribution in [0.3, 0.4) is 0 Å². The first-order valence-electron chi connectivity index (χ1n) is 10.0. The molecule has 0 bridgehead atoms. The lowest BCUT2D eigenvalue weighted by atomic mass is 9.81. The molecule has 2 atom stereocenters. The molecule has 1 aromatic heterocycles. The Morgan fingerprint density at radius 2 is 1.97 bits per heavy atom. The van der Waals surface area contributed by atoms with Gasteiger partial charge in [-0.05, 0) is 62.4 Å². The summed E-state index contributed by atoms with van der Waals surface area (Å²) in [4.78, 5) is 37.1. The average molecular weight is 404 g/mol. The van der Waals surface area contributed by atoms with Crippen LogP contribution in [-0.2, 0) is 4.79 Å². The minimum Gasteiger partial charge on any atom is -0.345 e. The van der Waals surface area contributed by atoms with Gasteiger partial charge in [0, 0.05) is 37.6 Å². The van der Waals surface area contributed by atoms with E-state index in [2.05, 4.69) is 21.4 Å². The van der Waals surface area contributed by atoms with Crippen molar-refractivity contribution in [1.29, 1.82) is 5.26 Å². The molecule has 0 radical (unpaired) electrons. The van der Waals surface area contributed by atoms with Crippen LogP contribution in [0.2, 0.25) is 0 Å². The summed E-state index contributed by atoms with van der Waals surface area (Å²) in [5, 5.41) is 12.9. The number of hydrogen-bond donors (Lipinski definition) is 1. The van der Waals surface area contributed by atoms with Crippen LogP contribution < -0.4 is 10.2 Å². The molecule has 2 aromatic rings. The zero-order valence-corrected chi connectivity index (χ0v) is 17.3. The van der Waals surface area contributed by atoms with Crippen molar-refractivity contribution in [2.75, 3.05) is 24.3 Å². The Bertz CT molecular complexity index is 1020. The molecule has 1 saturated carbocycles. The monoisotopic (exact) mass is 404 g/mol. The first-order chi connectivity index (χ1) is 14.4. The minimum atomic E-state index is -0.924. The van der Waals surface area contributed by atoms with E-state index >= 15 is 0 Å². The number of hydrogen-bond acceptors (Lipinski definition) is 6. The summed E-state index contributed by atoms with van der Waals surface area (Å²) in [6.07, 6.45) is 3.99. The molecule has 2 fully saturated rings. The van der Waals surface area contributed by atoms with E-state index in [1.165, 1.54) is 4.90 Å². The van der Waals surface area contributed by atoms with Crippen molar-refractivity contribution in [2.45, 2.75) is 32.2 Å². The Morgan fingerprint density at radius 3 is 2.57 bits per heavy atom. The van der Waals surface area contributed by atoms with Crippen molar-refractivity contribution in [3.63, 3.8) is 0 Å². The quantitative estimate of drug-likeness (QED) is 0.822. The summed E-state index contributed by atoms with van der Waals surface area (Å²) in [6, 6.07) is 10.9. The van der Waals surface area contributed by atoms with Crippen LogP contribution in [0.4, 0.5) is 17.5 Å². The molecular weight excluding hydrogens is 380 g/mol. The molecule has 1 saturated heterocycles. The third-order valence-electron chi connectivity index (χ3n) is 5.81. The maximum Gasteiger partial charge on any atom is 0.253 e. The van der Waals surface area contributed by atoms with Crippen molar-refractivity contribution in [3.05, 3.63) is 42.1 Å². The fraction of sp³-hybridized carbons (Fsp3) is 0.409. The highest BCUT2D eigenvalue weighted by Crippen LogP contribution is 2.53. The molecule has 0 spiro atoms. The Labute approximate surface area is 175 Å². The molecule has 1 aliphatic carbocycles. The van der Waals surface area contributed by atoms with Crippen molar-refractivity contribution >= 4 is 29.3 Å². The number of carbonyl (C=O) groups excluding carboxylic acids is 2. The first-order valence-corrected chi connectivity index (χ1v) is 10.0. The first kappa shape index (κ1) is 19.8. The van der Waals surface area contributed by atoms with Gasteiger partial charge in [0.15, 0.2) is 0 Å². The highest BCUT2D eigenvalue weighted by Gasteiger charge is 2.59. The molecule has 30 heavy (non-hydrogen) atoms. The molecule has 8 heteroatoms. The summed E-state index contributed by atoms with van der Waals surface area (Å²) >= 11 is 0. The van der Waals surface area contributed by atoms with Crippen LogP contribution in [0.1, 0.15) is 36.5 Å². The Balaban J connectivity index is 1.54. The molecule has 1 aliphatic heterocycles. The van der Waals surface area contributed by atoms with Crippen LogP contribution in [0.15, 0.2) is 36.5 Å². The van der Waals surface area contributed by atoms with E-state index < -0.39 is 5.41 Å². The number of amides is 2. The zero-order valence-electron chi connectivity index (χ0n) is 17.3. The van der Waals surface area contributed by atoms with Gasteiger partial charge in [0.25, 0.3) is 5.91 Å². The topological polar surface area (TPSA) is 102 Å². The van der Waals surface area contributed by atoms with E-state index in [0.29, 0.717) is 23.8 Å². The second-order valence-electron chi connectivity index (χ2n) is 8.23. The van der Waals surface area contributed by atoms with Crippen molar-refractivity contribution < 1.29 is 9.59 Å². The van der Waals surface area contributed by atoms with Gasteiger partial charge in [-0.1, -0.05) is 0 Å². The molecule has 2 amide bonds. The van der Waals surface area contributed by atoms with Gasteiger partial charge in [-0.2, -0.15) is 10.2 Å². The summed E-state index contributed by atoms with van der Waals surface area (Å²) in [7, 11) is 3.41. The van der Waals surface area contributed by atoms with E-state index in [4.69, 9.17) is 0 Å². The molecule has 4 rings (SSSR count). The number of aromatic nitrogens is 2. The molecule has 8 nitrogen and oxygen atoms in total. The number of nitrogens with zero attached hydrogens (tertiary/aromatic N) is 5. The van der Waals surface area contributed by atoms with E-state index in [0.717, 1.165) is 18.5 Å². The standard InChI is InChI=1S/C22H24N6O2/c1-14-12-22(13-23,16-6-7-16)20(30)28(14)18-10-11-24-21(26-18)25-17-8-4-15(5-9-17)19(29)27(2)3/h4-5,8-11,14,16H,6-7,12H2,1-3H3,(H,24,25,26)/t14-,22-/m1/s1. The Morgan fingerprint density at radius 1 is 1.27 bits per heavy atom. The number of nitriles is 1. The predicted octanol–water partition coefficient (Wildman–Crippen LogP) is 2.97. The van der Waals surface area contributed by atoms with Gasteiger partial charge in [-0.25, -0.2) is 4.98 Å². The Kier molecular flexibility index (Phi) is 4.90. The number of benzene rings is 1. The molecule has 2 aliphatic rings. The van der Waals surface area contributed by atoms with Gasteiger partial charge in [0.2, 0.25) is 11.9 Å². The molecule has 154 valence electrons. The van der Waals surface area contributed by atoms with Crippen LogP contribution >= 0.6 is 0 Å². The van der Waals surface area contributed by atoms with Crippen LogP contribution in [-0.4, -0.2) is 46.8 Å². The van der Waals surface area contributed by atoms with Crippen LogP contribution in [0, 0.1) is 22.7 Å². The summed E-state index contributed by atoms with van der Waals surface area (Å²) < 4.78 is 0. The van der Waals surface area contributed by atoms with E-state index in [1.807, 2.05) is 6.92 Å². The number of nitrogens with one attached hydrogen (secondary N) is 1. The fourth-order valence-electron chi connectivity index (χ4n) is 4.12. The summed E-state index contributed by atoms with van der Waals surface area (Å²) in [5.41, 5.74) is 0.393. The van der Waals surface area contributed by atoms with E-state index in [1.54, 1.807) is 55.5 Å². The van der Waals surface area contributed by atoms with Gasteiger partial charge >= 0.3 is 0 Å². The lowest BCUT2D eigenvalue weighted by Crippen LogP contribution is -2.37. The van der Waals surface area contributed by atoms with Crippen molar-refractivity contribution in [2.24, 2.45) is 11.3 Å².